The second-order valence-electron chi connectivity index (χ2n) is 9.57. The van der Waals surface area contributed by atoms with E-state index in [4.69, 9.17) is 0 Å². The zero-order chi connectivity index (χ0) is 23.9. The molecule has 0 spiro atoms. The van der Waals surface area contributed by atoms with Crippen molar-refractivity contribution in [2.75, 3.05) is 13.1 Å². The lowest BCUT2D eigenvalue weighted by molar-refractivity contribution is -0.131. The topological polar surface area (TPSA) is 83.9 Å². The van der Waals surface area contributed by atoms with Crippen molar-refractivity contribution in [2.24, 2.45) is 11.8 Å². The summed E-state index contributed by atoms with van der Waals surface area (Å²) in [6.07, 6.45) is 3.69. The number of hydrogen-bond acceptors (Lipinski definition) is 5. The molecule has 0 bridgehead atoms. The molecule has 1 saturated heterocycles. The monoisotopic (exact) mass is 485 g/mol. The predicted molar refractivity (Wildman–Crippen MR) is 137 cm³/mol. The summed E-state index contributed by atoms with van der Waals surface area (Å²) >= 11 is 1.65. The second-order valence-corrected chi connectivity index (χ2v) is 10.6. The summed E-state index contributed by atoms with van der Waals surface area (Å²) in [5.74, 6) is 1.60. The van der Waals surface area contributed by atoms with Crippen LogP contribution < -0.4 is 5.69 Å². The van der Waals surface area contributed by atoms with E-state index in [9.17, 15) is 9.59 Å². The van der Waals surface area contributed by atoms with E-state index in [1.54, 1.807) is 15.9 Å². The lowest BCUT2D eigenvalue weighted by Crippen LogP contribution is -2.30. The number of carbonyl (C=O) groups is 1. The van der Waals surface area contributed by atoms with Crippen LogP contribution in [-0.4, -0.2) is 43.6 Å². The maximum atomic E-state index is 12.6. The van der Waals surface area contributed by atoms with Gasteiger partial charge in [-0.1, -0.05) is 36.4 Å². The molecular weight excluding hydrogens is 458 g/mol. The maximum absolute atomic E-state index is 12.6. The lowest BCUT2D eigenvalue weighted by atomic mass is 10.0. The summed E-state index contributed by atoms with van der Waals surface area (Å²) < 4.78 is 1.66. The van der Waals surface area contributed by atoms with Gasteiger partial charge in [0.25, 0.3) is 0 Å². The number of aromatic nitrogens is 4. The smallest absolute Gasteiger partial charge is 0.342 e. The Bertz CT molecular complexity index is 1410. The van der Waals surface area contributed by atoms with E-state index >= 15 is 0 Å². The summed E-state index contributed by atoms with van der Waals surface area (Å²) in [5, 5.41) is 10.1. The summed E-state index contributed by atoms with van der Waals surface area (Å²) in [7, 11) is 0. The summed E-state index contributed by atoms with van der Waals surface area (Å²) in [6, 6.07) is 16.4. The molecule has 0 radical (unpaired) electrons. The number of aryl methyl sites for hydroxylation is 1. The quantitative estimate of drug-likeness (QED) is 0.437. The fraction of sp³-hybridized carbons (Fsp3) is 0.333. The Morgan fingerprint density at radius 3 is 2.37 bits per heavy atom. The number of benzene rings is 2. The van der Waals surface area contributed by atoms with Crippen LogP contribution in [0.4, 0.5) is 0 Å². The van der Waals surface area contributed by atoms with Gasteiger partial charge in [0, 0.05) is 36.4 Å². The molecule has 1 amide bonds. The van der Waals surface area contributed by atoms with Crippen molar-refractivity contribution in [2.45, 2.75) is 32.6 Å². The first-order valence-electron chi connectivity index (χ1n) is 12.1. The third-order valence-corrected chi connectivity index (χ3v) is 7.77. The molecule has 2 aromatic heterocycles. The minimum atomic E-state index is -0.237. The molecule has 1 aliphatic heterocycles. The molecule has 2 aliphatic rings. The molecule has 178 valence electrons. The Kier molecular flexibility index (Phi) is 5.60. The molecule has 1 atom stereocenters. The highest BCUT2D eigenvalue weighted by Gasteiger charge is 2.36. The lowest BCUT2D eigenvalue weighted by Gasteiger charge is -2.16. The van der Waals surface area contributed by atoms with Crippen LogP contribution in [0.25, 0.3) is 28.1 Å². The maximum Gasteiger partial charge on any atom is 0.347 e. The molecule has 4 aromatic rings. The molecule has 1 N–H and O–H groups in total. The number of hydrogen-bond donors (Lipinski definition) is 1. The van der Waals surface area contributed by atoms with Gasteiger partial charge in [-0.05, 0) is 55.4 Å². The second kappa shape index (κ2) is 8.92. The first kappa shape index (κ1) is 22.0. The van der Waals surface area contributed by atoms with Gasteiger partial charge in [0.1, 0.15) is 5.82 Å². The third kappa shape index (κ3) is 4.46. The molecule has 3 heterocycles. The van der Waals surface area contributed by atoms with Crippen molar-refractivity contribution in [3.63, 3.8) is 0 Å². The van der Waals surface area contributed by atoms with E-state index < -0.39 is 0 Å². The first-order chi connectivity index (χ1) is 17.0. The minimum absolute atomic E-state index is 0.237. The van der Waals surface area contributed by atoms with Crippen LogP contribution >= 0.6 is 11.3 Å². The number of H-pyrrole nitrogens is 1. The Morgan fingerprint density at radius 2 is 1.71 bits per heavy atom. The number of thiazole rings is 1. The zero-order valence-electron chi connectivity index (χ0n) is 19.6. The highest BCUT2D eigenvalue weighted by molar-refractivity contribution is 7.09. The fourth-order valence-corrected chi connectivity index (χ4v) is 5.53. The van der Waals surface area contributed by atoms with Crippen molar-refractivity contribution >= 4 is 17.2 Å². The summed E-state index contributed by atoms with van der Waals surface area (Å²) in [6.45, 7) is 3.58. The molecule has 1 unspecified atom stereocenters. The third-order valence-electron chi connectivity index (χ3n) is 7.00. The standard InChI is InChI=1S/C27H27N5O2S/c1-17-28-24(16-35-17)21-4-2-19(3-5-21)20-8-10-23(11-9-20)32-25(29-30-27(32)34)14-18-12-13-31(15-18)26(33)22-6-7-22/h2-5,8-11,16,18,22H,6-7,12-15H2,1H3,(H,30,34). The number of likely N-dealkylation sites (tertiary alicyclic amines) is 1. The van der Waals surface area contributed by atoms with Gasteiger partial charge >= 0.3 is 5.69 Å². The number of nitrogens with zero attached hydrogens (tertiary/aromatic N) is 4. The molecule has 7 nitrogen and oxygen atoms in total. The molecule has 8 heteroatoms. The van der Waals surface area contributed by atoms with Crippen LogP contribution in [0.5, 0.6) is 0 Å². The normalized spacial score (nSPS) is 17.7. The van der Waals surface area contributed by atoms with Crippen LogP contribution in [0.1, 0.15) is 30.1 Å². The Morgan fingerprint density at radius 1 is 1.03 bits per heavy atom. The van der Waals surface area contributed by atoms with E-state index in [0.717, 1.165) is 71.3 Å². The van der Waals surface area contributed by atoms with Crippen LogP contribution in [0.15, 0.2) is 58.7 Å². The number of nitrogens with one attached hydrogen (secondary N) is 1. The van der Waals surface area contributed by atoms with Gasteiger partial charge in [0.2, 0.25) is 5.91 Å². The average molecular weight is 486 g/mol. The van der Waals surface area contributed by atoms with Crippen molar-refractivity contribution < 1.29 is 4.79 Å². The number of aromatic amines is 1. The van der Waals surface area contributed by atoms with Crippen LogP contribution in [-0.2, 0) is 11.2 Å². The van der Waals surface area contributed by atoms with Gasteiger partial charge in [-0.3, -0.25) is 4.79 Å². The molecule has 1 aliphatic carbocycles. The molecule has 35 heavy (non-hydrogen) atoms. The molecular formula is C27H27N5O2S. The molecule has 2 aromatic carbocycles. The largest absolute Gasteiger partial charge is 0.347 e. The van der Waals surface area contributed by atoms with Gasteiger partial charge in [-0.2, -0.15) is 5.10 Å². The van der Waals surface area contributed by atoms with Gasteiger partial charge in [0.05, 0.1) is 16.4 Å². The SMILES string of the molecule is Cc1nc(-c2ccc(-c3ccc(-n4c(CC5CCN(C(=O)C6CC6)C5)n[nH]c4=O)cc3)cc2)cs1. The average Bonchev–Trinajstić information content (AvgIpc) is 3.29. The van der Waals surface area contributed by atoms with Crippen molar-refractivity contribution in [3.05, 3.63) is 75.2 Å². The zero-order valence-corrected chi connectivity index (χ0v) is 20.4. The molecule has 1 saturated carbocycles. The van der Waals surface area contributed by atoms with Crippen molar-refractivity contribution in [1.82, 2.24) is 24.6 Å². The van der Waals surface area contributed by atoms with E-state index in [1.807, 2.05) is 36.1 Å². The predicted octanol–water partition coefficient (Wildman–Crippen LogP) is 4.46. The first-order valence-corrected chi connectivity index (χ1v) is 13.0. The molecule has 2 fully saturated rings. The van der Waals surface area contributed by atoms with Crippen LogP contribution in [0.3, 0.4) is 0 Å². The molecule has 6 rings (SSSR count). The van der Waals surface area contributed by atoms with Crippen molar-refractivity contribution in [3.8, 4) is 28.1 Å². The van der Waals surface area contributed by atoms with E-state index in [-0.39, 0.29) is 11.6 Å². The Hall–Kier alpha value is -3.52. The van der Waals surface area contributed by atoms with Gasteiger partial charge in [-0.15, -0.1) is 11.3 Å². The van der Waals surface area contributed by atoms with E-state index in [0.29, 0.717) is 18.2 Å². The summed E-state index contributed by atoms with van der Waals surface area (Å²) in [5.41, 5.74) is 4.86. The van der Waals surface area contributed by atoms with Crippen LogP contribution in [0, 0.1) is 18.8 Å². The van der Waals surface area contributed by atoms with Gasteiger partial charge < -0.3 is 4.90 Å². The van der Waals surface area contributed by atoms with Gasteiger partial charge in [-0.25, -0.2) is 19.4 Å². The highest BCUT2D eigenvalue weighted by atomic mass is 32.1. The highest BCUT2D eigenvalue weighted by Crippen LogP contribution is 2.33. The Labute approximate surface area is 207 Å². The number of rotatable bonds is 6. The van der Waals surface area contributed by atoms with Crippen molar-refractivity contribution in [1.29, 1.82) is 0 Å². The van der Waals surface area contributed by atoms with Crippen LogP contribution in [0.2, 0.25) is 0 Å². The Balaban J connectivity index is 1.18. The van der Waals surface area contributed by atoms with E-state index in [1.165, 1.54) is 0 Å². The number of amides is 1. The van der Waals surface area contributed by atoms with Gasteiger partial charge in [0.15, 0.2) is 0 Å². The van der Waals surface area contributed by atoms with E-state index in [2.05, 4.69) is 44.8 Å². The minimum Gasteiger partial charge on any atom is -0.342 e. The summed E-state index contributed by atoms with van der Waals surface area (Å²) in [4.78, 5) is 31.5. The number of carbonyl (C=O) groups excluding carboxylic acids is 1. The fourth-order valence-electron chi connectivity index (χ4n) is 4.91.